The quantitative estimate of drug-likeness (QED) is 0.00355. The Bertz CT molecular complexity index is 6550. The second kappa shape index (κ2) is 40.4. The number of nitro benzene ring substituents is 1. The topological polar surface area (TPSA) is 650 Å². The zero-order valence-corrected chi connectivity index (χ0v) is 72.7. The van der Waals surface area contributed by atoms with Crippen molar-refractivity contribution < 1.29 is 113 Å². The molecular weight excluding hydrogens is 1790 g/mol. The molecule has 55 heteroatoms. The molecule has 122 heavy (non-hydrogen) atoms. The number of carbonyl (C=O) groups is 2. The number of fused-ring (bicyclic) bond motifs is 3. The molecule has 0 bridgehead atoms. The lowest BCUT2D eigenvalue weighted by Crippen LogP contribution is -2.18. The van der Waals surface area contributed by atoms with Crippen molar-refractivity contribution >= 4 is 209 Å². The summed E-state index contributed by atoms with van der Waals surface area (Å²) in [6.45, 7) is 3.33. The van der Waals surface area contributed by atoms with Crippen molar-refractivity contribution in [3.63, 3.8) is 0 Å². The van der Waals surface area contributed by atoms with Gasteiger partial charge in [0.2, 0.25) is 29.6 Å². The molecule has 0 saturated heterocycles. The van der Waals surface area contributed by atoms with E-state index in [2.05, 4.69) is 98.8 Å². The van der Waals surface area contributed by atoms with E-state index in [1.165, 1.54) is 47.7 Å². The van der Waals surface area contributed by atoms with Gasteiger partial charge < -0.3 is 36.8 Å². The number of aryl methyl sites for hydroxylation is 1. The highest BCUT2D eigenvalue weighted by Gasteiger charge is 2.28. The molecule has 6 aromatic carbocycles. The van der Waals surface area contributed by atoms with Gasteiger partial charge in [0.25, 0.3) is 82.4 Å². The van der Waals surface area contributed by atoms with Gasteiger partial charge in [0.15, 0.2) is 5.65 Å². The van der Waals surface area contributed by atoms with E-state index in [4.69, 9.17) is 18.8 Å². The van der Waals surface area contributed by atoms with Crippen LogP contribution in [0.15, 0.2) is 158 Å². The molecule has 654 valence electrons. The first-order valence-corrected chi connectivity index (χ1v) is 47.5. The van der Waals surface area contributed by atoms with E-state index in [1.54, 1.807) is 31.2 Å². The highest BCUT2D eigenvalue weighted by Crippen LogP contribution is 2.47. The fourth-order valence-corrected chi connectivity index (χ4v) is 17.6. The Morgan fingerprint density at radius 1 is 0.557 bits per heavy atom. The lowest BCUT2D eigenvalue weighted by molar-refractivity contribution is -0.385. The number of rotatable bonds is 44. The summed E-state index contributed by atoms with van der Waals surface area (Å²) in [4.78, 5) is 53.8. The molecular formula is C67H75N19O27S9. The fourth-order valence-electron chi connectivity index (χ4n) is 10.7. The first kappa shape index (κ1) is 94.9. The maximum Gasteiger partial charge on any atom is 0.299 e. The van der Waals surface area contributed by atoms with Gasteiger partial charge in [0.05, 0.1) is 116 Å². The largest absolute Gasteiger partial charge is 0.493 e. The number of azo groups is 4. The zero-order valence-electron chi connectivity index (χ0n) is 65.3. The number of aromatic nitrogens is 5. The van der Waals surface area contributed by atoms with Gasteiger partial charge >= 0.3 is 0 Å². The first-order chi connectivity index (χ1) is 57.4. The van der Waals surface area contributed by atoms with Crippen LogP contribution in [0.4, 0.5) is 86.1 Å². The van der Waals surface area contributed by atoms with Gasteiger partial charge in [0.1, 0.15) is 56.2 Å². The third-order valence-corrected chi connectivity index (χ3v) is 27.3. The van der Waals surface area contributed by atoms with Gasteiger partial charge in [-0.2, -0.15) is 79.0 Å². The molecule has 0 radical (unpaired) electrons. The Morgan fingerprint density at radius 2 is 1.08 bits per heavy atom. The highest BCUT2D eigenvalue weighted by molar-refractivity contribution is 7.99. The minimum Gasteiger partial charge on any atom is -0.493 e. The third kappa shape index (κ3) is 25.4. The second-order valence-electron chi connectivity index (χ2n) is 25.1. The van der Waals surface area contributed by atoms with Crippen molar-refractivity contribution in [3.8, 4) is 11.6 Å². The van der Waals surface area contributed by atoms with E-state index < -0.39 is 168 Å². The smallest absolute Gasteiger partial charge is 0.299 e. The van der Waals surface area contributed by atoms with Crippen molar-refractivity contribution in [2.75, 3.05) is 112 Å². The monoisotopic (exact) mass is 1870 g/mol. The number of para-hydroxylation sites is 2. The summed E-state index contributed by atoms with van der Waals surface area (Å²) in [5.74, 6) is -7.28. The van der Waals surface area contributed by atoms with Crippen LogP contribution in [0, 0.1) is 24.0 Å². The molecule has 9 rings (SSSR count). The van der Waals surface area contributed by atoms with Crippen LogP contribution in [-0.2, 0) is 106 Å². The molecule has 46 nitrogen and oxygen atoms in total. The molecule has 0 aliphatic carbocycles. The number of ether oxygens (including phenoxy) is 1. The van der Waals surface area contributed by atoms with Crippen molar-refractivity contribution in [3.05, 3.63) is 129 Å². The summed E-state index contributed by atoms with van der Waals surface area (Å²) in [5, 5.41) is 70.4. The molecule has 0 aliphatic rings. The van der Waals surface area contributed by atoms with Crippen LogP contribution in [0.1, 0.15) is 53.2 Å². The van der Waals surface area contributed by atoms with Gasteiger partial charge in [-0.1, -0.05) is 18.2 Å². The number of non-ortho nitro benzene ring substituents is 1. The van der Waals surface area contributed by atoms with Crippen LogP contribution < -0.4 is 31.7 Å². The number of nitrogens with zero attached hydrogens (tertiary/aromatic N) is 14. The average molecular weight is 1870 g/mol. The Balaban J connectivity index is 1.30. The van der Waals surface area contributed by atoms with Crippen LogP contribution in [0.5, 0.6) is 11.6 Å². The van der Waals surface area contributed by atoms with Gasteiger partial charge in [-0.3, -0.25) is 53.8 Å². The van der Waals surface area contributed by atoms with Gasteiger partial charge in [-0.05, 0) is 122 Å². The van der Waals surface area contributed by atoms with E-state index in [9.17, 15) is 88.3 Å². The third-order valence-electron chi connectivity index (χ3n) is 16.7. The Labute approximate surface area is 706 Å². The molecule has 0 spiro atoms. The number of carbonyl (C=O) groups excluding carboxylic acids is 2. The first-order valence-electron chi connectivity index (χ1n) is 34.8. The SMILES string of the molecule is COS(=O)(=O)CCCOc1cc(N=Nc2cc(Nc3nc(NCCS(=O)(=O)OC)nc(Nc4cc(S(=O)(=O)OC)ccc4CS(=O)(=O)O)n3)c(N=Nc3cc(NC(C)=O)c(N=Nc4ccc([N+](=O)[O-])cc4S(=O)(=O)OC)cc3SCCCS(=O)(=O)OC)cc2SCCCS(=O)(=O)OC)c(C)cc1N=Nc1c(C)c(C(N)=O)c2nc3ccccc3n2c1O. The summed E-state index contributed by atoms with van der Waals surface area (Å²) in [5.41, 5.74) is 3.75. The number of hydrogen-bond donors (Lipinski definition) is 7. The highest BCUT2D eigenvalue weighted by atomic mass is 32.2. The Morgan fingerprint density at radius 3 is 1.65 bits per heavy atom. The lowest BCUT2D eigenvalue weighted by atomic mass is 10.1. The molecule has 0 fully saturated rings. The maximum atomic E-state index is 13.2. The van der Waals surface area contributed by atoms with Crippen molar-refractivity contribution in [1.29, 1.82) is 0 Å². The van der Waals surface area contributed by atoms with Crippen LogP contribution in [0.2, 0.25) is 0 Å². The number of hydrogen-bond acceptors (Lipinski definition) is 43. The van der Waals surface area contributed by atoms with E-state index in [-0.39, 0.29) is 138 Å². The lowest BCUT2D eigenvalue weighted by Gasteiger charge is -2.16. The predicted octanol–water partition coefficient (Wildman–Crippen LogP) is 11.2. The number of primary amides is 1. The van der Waals surface area contributed by atoms with Gasteiger partial charge in [-0.25, -0.2) is 4.98 Å². The zero-order chi connectivity index (χ0) is 89.5. The number of anilines is 6. The van der Waals surface area contributed by atoms with E-state index in [0.29, 0.717) is 17.1 Å². The Hall–Kier alpha value is -10.9. The summed E-state index contributed by atoms with van der Waals surface area (Å²) in [6, 6.07) is 20.1. The van der Waals surface area contributed by atoms with Crippen molar-refractivity contribution in [1.82, 2.24) is 24.3 Å². The standard InChI is InChI=1S/C67H75N19O27S9/c1-38-29-52(81-84-61-39(2)60(62(68)88)63-71-44-15-10-11-16-55(44)85(63)64(61)89)56(113-22-12-25-117(95,96)107-4)34-46(38)78-82-54-33-49(73-67-75-65(69-21-28-120(101,102)110-7)74-66(76-67)72-47-31-43(121(103,104)111-8)19-17-41(47)37-116(92,93)94)51(36-58(54)115-24-14-27-119(99,100)109-6)80-83-53-32-48(70-40(3)87)50(35-57(53)114-23-13-26-118(97,98)108-5)79-77-45-20-18-42(86(90)91)30-59(45)122(105,106)112-9/h10-11,15-20,29-36,89H,12-14,21-28,37H2,1-9H3,(H2,68,88)(H,70,87)(H,92,93,94)(H3,69,72,73,74,75,76). The number of amides is 2. The van der Waals surface area contributed by atoms with Crippen molar-refractivity contribution in [2.45, 2.75) is 65.4 Å². The number of imidazole rings is 1. The summed E-state index contributed by atoms with van der Waals surface area (Å²) >= 11 is 1.92. The molecule has 0 atom stereocenters. The normalized spacial score (nSPS) is 12.7. The number of aromatic hydroxyl groups is 1. The van der Waals surface area contributed by atoms with Crippen LogP contribution in [-0.4, -0.2) is 200 Å². The fraction of sp³-hybridized carbons (Fsp3) is 0.313. The molecule has 0 aliphatic heterocycles. The average Bonchev–Trinajstić information content (AvgIpc) is 1.58. The molecule has 9 aromatic rings. The number of nitro groups is 1. The molecule has 0 saturated carbocycles. The minimum atomic E-state index is -4.89. The number of nitrogens with one attached hydrogen (secondary N) is 4. The number of benzene rings is 6. The van der Waals surface area contributed by atoms with Gasteiger partial charge in [-0.15, -0.1) is 59.3 Å². The summed E-state index contributed by atoms with van der Waals surface area (Å²) in [6.07, 6.45) is -0.331. The Kier molecular flexibility index (Phi) is 31.4. The van der Waals surface area contributed by atoms with E-state index in [0.717, 1.165) is 103 Å². The predicted molar refractivity (Wildman–Crippen MR) is 445 cm³/mol. The summed E-state index contributed by atoms with van der Waals surface area (Å²) in [7, 11) is -25.1. The maximum absolute atomic E-state index is 13.2. The minimum absolute atomic E-state index is 0.0105. The van der Waals surface area contributed by atoms with E-state index >= 15 is 0 Å². The van der Waals surface area contributed by atoms with Crippen LogP contribution in [0.3, 0.4) is 0 Å². The van der Waals surface area contributed by atoms with Gasteiger partial charge in [0, 0.05) is 47.1 Å². The number of pyridine rings is 1. The van der Waals surface area contributed by atoms with E-state index in [1.807, 2.05) is 0 Å². The van der Waals surface area contributed by atoms with Crippen molar-refractivity contribution in [2.24, 2.45) is 46.6 Å². The number of nitrogens with two attached hydrogens (primary N) is 1. The molecule has 2 amide bonds. The molecule has 8 N–H and O–H groups in total. The second-order valence-corrected chi connectivity index (χ2v) is 39.6. The molecule has 3 aromatic heterocycles. The van der Waals surface area contributed by atoms with Crippen LogP contribution >= 0.6 is 23.5 Å². The summed E-state index contributed by atoms with van der Waals surface area (Å²) < 4.78 is 224. The molecule has 3 heterocycles. The molecule has 0 unspecified atom stereocenters. The number of thioether (sulfide) groups is 2. The van der Waals surface area contributed by atoms with Crippen LogP contribution in [0.25, 0.3) is 16.7 Å².